The molecule has 0 saturated heterocycles. The number of hydrogen-bond donors (Lipinski definition) is 3. The van der Waals surface area contributed by atoms with Crippen LogP contribution in [0.1, 0.15) is 188 Å². The molecule has 1 unspecified atom stereocenters. The van der Waals surface area contributed by atoms with E-state index in [0.29, 0.717) is 32.1 Å². The van der Waals surface area contributed by atoms with E-state index < -0.39 is 36.8 Å². The lowest BCUT2D eigenvalue weighted by Gasteiger charge is -2.17. The van der Waals surface area contributed by atoms with Crippen LogP contribution in [0.5, 0.6) is 0 Å². The Morgan fingerprint density at radius 2 is 1.37 bits per heavy atom. The highest BCUT2D eigenvalue weighted by atomic mass is 16.6. The molecule has 1 saturated carbocycles. The predicted octanol–water partition coefficient (Wildman–Crippen LogP) is 9.90. The number of rotatable bonds is 34. The van der Waals surface area contributed by atoms with Crippen LogP contribution in [0.3, 0.4) is 0 Å². The number of allylic oxidation sites excluding steroid dienone is 3. The number of Topliss-reactive ketones (excluding diaryl/α,β-unsaturated/α-hetero) is 1. The van der Waals surface area contributed by atoms with Gasteiger partial charge in [-0.2, -0.15) is 0 Å². The minimum Gasteiger partial charge on any atom is -0.462 e. The van der Waals surface area contributed by atoms with E-state index in [9.17, 15) is 29.7 Å². The van der Waals surface area contributed by atoms with Crippen molar-refractivity contribution < 1.29 is 39.2 Å². The second-order valence-corrected chi connectivity index (χ2v) is 15.5. The topological polar surface area (TPSA) is 130 Å². The highest BCUT2D eigenvalue weighted by Crippen LogP contribution is 2.33. The molecular formula is C44H78O8. The summed E-state index contributed by atoms with van der Waals surface area (Å²) in [5.74, 6) is -0.518. The number of ether oxygens (including phenoxy) is 2. The summed E-state index contributed by atoms with van der Waals surface area (Å²) in [5, 5.41) is 30.2. The molecule has 0 amide bonds. The van der Waals surface area contributed by atoms with E-state index in [1.54, 1.807) is 12.2 Å². The maximum Gasteiger partial charge on any atom is 0.306 e. The number of unbranched alkanes of at least 4 members (excludes halogenated alkanes) is 16. The van der Waals surface area contributed by atoms with Gasteiger partial charge in [-0.3, -0.25) is 14.4 Å². The highest BCUT2D eigenvalue weighted by Gasteiger charge is 2.39. The number of esters is 2. The van der Waals surface area contributed by atoms with Gasteiger partial charge in [0.15, 0.2) is 6.10 Å². The average molecular weight is 735 g/mol. The third-order valence-electron chi connectivity index (χ3n) is 10.7. The Labute approximate surface area is 317 Å². The second-order valence-electron chi connectivity index (χ2n) is 15.5. The first-order valence-corrected chi connectivity index (χ1v) is 21.4. The Balaban J connectivity index is 2.07. The fraction of sp³-hybridized carbons (Fsp3) is 0.841. The van der Waals surface area contributed by atoms with Crippen LogP contribution in [0.2, 0.25) is 0 Å². The Morgan fingerprint density at radius 1 is 0.788 bits per heavy atom. The maximum absolute atomic E-state index is 12.4. The Kier molecular flexibility index (Phi) is 29.9. The van der Waals surface area contributed by atoms with Crippen molar-refractivity contribution in [3.8, 4) is 0 Å². The summed E-state index contributed by atoms with van der Waals surface area (Å²) in [5.41, 5.74) is 0. The van der Waals surface area contributed by atoms with Gasteiger partial charge in [-0.1, -0.05) is 161 Å². The molecule has 0 heterocycles. The zero-order valence-corrected chi connectivity index (χ0v) is 33.5. The lowest BCUT2D eigenvalue weighted by atomic mass is 9.90. The van der Waals surface area contributed by atoms with Crippen molar-refractivity contribution in [2.45, 2.75) is 206 Å². The monoisotopic (exact) mass is 735 g/mol. The summed E-state index contributed by atoms with van der Waals surface area (Å²) in [6, 6.07) is 0. The number of carbonyl (C=O) groups is 3. The molecule has 1 aliphatic carbocycles. The van der Waals surface area contributed by atoms with Crippen molar-refractivity contribution in [3.63, 3.8) is 0 Å². The average Bonchev–Trinajstić information content (AvgIpc) is 3.40. The van der Waals surface area contributed by atoms with Crippen LogP contribution in [0.4, 0.5) is 0 Å². The number of aliphatic hydroxyl groups is 3. The van der Waals surface area contributed by atoms with Crippen LogP contribution in [0.15, 0.2) is 24.3 Å². The molecule has 0 radical (unpaired) electrons. The normalized spacial score (nSPS) is 19.4. The predicted molar refractivity (Wildman–Crippen MR) is 211 cm³/mol. The molecule has 0 aromatic rings. The van der Waals surface area contributed by atoms with Gasteiger partial charge in [-0.15, -0.1) is 0 Å². The van der Waals surface area contributed by atoms with Crippen LogP contribution in [0, 0.1) is 17.8 Å². The first-order chi connectivity index (χ1) is 25.2. The number of carbonyl (C=O) groups excluding carboxylic acids is 3. The van der Waals surface area contributed by atoms with Gasteiger partial charge in [0, 0.05) is 31.1 Å². The zero-order valence-electron chi connectivity index (χ0n) is 33.5. The van der Waals surface area contributed by atoms with Gasteiger partial charge in [0.2, 0.25) is 0 Å². The number of ketones is 1. The molecule has 8 nitrogen and oxygen atoms in total. The third kappa shape index (κ3) is 25.1. The van der Waals surface area contributed by atoms with Crippen molar-refractivity contribution in [1.82, 2.24) is 0 Å². The van der Waals surface area contributed by atoms with Gasteiger partial charge in [0.25, 0.3) is 0 Å². The lowest BCUT2D eigenvalue weighted by molar-refractivity contribution is -0.161. The van der Waals surface area contributed by atoms with Gasteiger partial charge in [-0.25, -0.2) is 0 Å². The summed E-state index contributed by atoms with van der Waals surface area (Å²) in [7, 11) is 0. The van der Waals surface area contributed by atoms with E-state index in [4.69, 9.17) is 9.47 Å². The fourth-order valence-electron chi connectivity index (χ4n) is 6.92. The van der Waals surface area contributed by atoms with E-state index in [-0.39, 0.29) is 37.1 Å². The molecule has 8 heteroatoms. The maximum atomic E-state index is 12.4. The first-order valence-electron chi connectivity index (χ1n) is 21.4. The molecule has 0 aromatic heterocycles. The summed E-state index contributed by atoms with van der Waals surface area (Å²) in [4.78, 5) is 36.9. The quantitative estimate of drug-likeness (QED) is 0.0338. The summed E-state index contributed by atoms with van der Waals surface area (Å²) in [6.45, 7) is 6.20. The lowest BCUT2D eigenvalue weighted by Crippen LogP contribution is -2.28. The molecule has 1 rings (SSSR count). The van der Waals surface area contributed by atoms with Crippen molar-refractivity contribution >= 4 is 17.7 Å². The first kappa shape index (κ1) is 48.0. The molecular weight excluding hydrogens is 656 g/mol. The van der Waals surface area contributed by atoms with Crippen LogP contribution >= 0.6 is 0 Å². The number of hydrogen-bond acceptors (Lipinski definition) is 8. The molecule has 0 bridgehead atoms. The van der Waals surface area contributed by atoms with Crippen molar-refractivity contribution in [2.24, 2.45) is 17.8 Å². The molecule has 0 aromatic carbocycles. The summed E-state index contributed by atoms with van der Waals surface area (Å²) < 4.78 is 10.6. The van der Waals surface area contributed by atoms with Crippen molar-refractivity contribution in [3.05, 3.63) is 24.3 Å². The summed E-state index contributed by atoms with van der Waals surface area (Å²) >= 11 is 0. The minimum atomic E-state index is -0.872. The van der Waals surface area contributed by atoms with E-state index in [1.165, 1.54) is 83.5 Å². The minimum absolute atomic E-state index is 0.0000185. The molecule has 52 heavy (non-hydrogen) atoms. The van der Waals surface area contributed by atoms with E-state index in [0.717, 1.165) is 44.4 Å². The van der Waals surface area contributed by atoms with Gasteiger partial charge >= 0.3 is 11.9 Å². The van der Waals surface area contributed by atoms with E-state index in [2.05, 4.69) is 20.8 Å². The van der Waals surface area contributed by atoms with Crippen LogP contribution < -0.4 is 0 Å². The third-order valence-corrected chi connectivity index (χ3v) is 10.7. The molecule has 1 fully saturated rings. The largest absolute Gasteiger partial charge is 0.462 e. The summed E-state index contributed by atoms with van der Waals surface area (Å²) in [6.07, 6.45) is 31.7. The van der Waals surface area contributed by atoms with Crippen molar-refractivity contribution in [2.75, 3.05) is 13.2 Å². The second kappa shape index (κ2) is 32.4. The molecule has 0 aliphatic heterocycles. The smallest absolute Gasteiger partial charge is 0.306 e. The van der Waals surface area contributed by atoms with Gasteiger partial charge < -0.3 is 24.8 Å². The van der Waals surface area contributed by atoms with E-state index in [1.807, 2.05) is 12.2 Å². The number of aliphatic hydroxyl groups excluding tert-OH is 3. The van der Waals surface area contributed by atoms with Gasteiger partial charge in [-0.05, 0) is 38.0 Å². The van der Waals surface area contributed by atoms with Crippen LogP contribution in [-0.2, 0) is 23.9 Å². The molecule has 1 aliphatic rings. The molecule has 302 valence electrons. The van der Waals surface area contributed by atoms with Crippen LogP contribution in [0.25, 0.3) is 0 Å². The standard InChI is InChI=1S/C44H78O8/c1-4-6-21-27-37(46)31-32-40-39(41(47)33-42(40)48)28-23-19-20-25-30-44(50)52-38(34-45)35-51-43(49)29-24-18-16-14-12-10-8-7-9-11-13-15-17-22-26-36(3)5-2/h19,23,31-32,36-41,45-47H,4-18,20-22,24-30,33-35H2,1-3H3/b23-19-,32-31+/t36?,37-,38-,39+,40+,41-/m0/s1. The SMILES string of the molecule is CCCCC[C@H](O)/C=C/[C@H]1C(=O)C[C@H](O)[C@@H]1C/C=C\CCCC(=O)O[C@@H](CO)COC(=O)CCCCCCCCCCCCCCCCC(C)CC. The van der Waals surface area contributed by atoms with E-state index >= 15 is 0 Å². The Hall–Kier alpha value is -2.03. The Morgan fingerprint density at radius 3 is 1.96 bits per heavy atom. The van der Waals surface area contributed by atoms with Crippen molar-refractivity contribution in [1.29, 1.82) is 0 Å². The molecule has 0 spiro atoms. The van der Waals surface area contributed by atoms with Gasteiger partial charge in [0.05, 0.1) is 18.8 Å². The van der Waals surface area contributed by atoms with Gasteiger partial charge in [0.1, 0.15) is 12.4 Å². The zero-order chi connectivity index (χ0) is 38.2. The molecule has 3 N–H and O–H groups in total. The highest BCUT2D eigenvalue weighted by molar-refractivity contribution is 5.86. The van der Waals surface area contributed by atoms with Crippen LogP contribution in [-0.4, -0.2) is 64.6 Å². The fourth-order valence-corrected chi connectivity index (χ4v) is 6.92. The molecule has 6 atom stereocenters. The Bertz CT molecular complexity index is 962.